The average Bonchev–Trinajstić information content (AvgIpc) is 2.51. The molecule has 0 N–H and O–H groups in total. The minimum Gasteiger partial charge on any atom is -0.493 e. The van der Waals surface area contributed by atoms with Gasteiger partial charge in [-0.15, -0.1) is 0 Å². The number of alkyl halides is 1. The molecule has 0 fully saturated rings. The van der Waals surface area contributed by atoms with Gasteiger partial charge in [0.25, 0.3) is 0 Å². The Morgan fingerprint density at radius 3 is 2.32 bits per heavy atom. The average molecular weight is 366 g/mol. The minimum atomic E-state index is 0.0784. The Labute approximate surface area is 139 Å². The lowest BCUT2D eigenvalue weighted by atomic mass is 9.97. The van der Waals surface area contributed by atoms with Crippen molar-refractivity contribution in [3.8, 4) is 17.2 Å². The van der Waals surface area contributed by atoms with Gasteiger partial charge in [-0.05, 0) is 42.7 Å². The van der Waals surface area contributed by atoms with E-state index in [1.165, 1.54) is 0 Å². The molecule has 1 unspecified atom stereocenters. The fourth-order valence-corrected chi connectivity index (χ4v) is 3.06. The Hall–Kier alpha value is -1.75. The number of aryl methyl sites for hydroxylation is 1. The van der Waals surface area contributed by atoms with Crippen molar-refractivity contribution in [3.63, 3.8) is 0 Å². The van der Waals surface area contributed by atoms with Gasteiger partial charge in [-0.2, -0.15) is 0 Å². The van der Waals surface area contributed by atoms with Crippen LogP contribution in [0.15, 0.2) is 28.4 Å². The van der Waals surface area contributed by atoms with E-state index in [0.717, 1.165) is 22.3 Å². The SMILES string of the molecule is COc1cc(C)c(C=C2C(C)=CN=CC2Br)c(OC)c1OC. The van der Waals surface area contributed by atoms with Gasteiger partial charge in [0.1, 0.15) is 0 Å². The van der Waals surface area contributed by atoms with Gasteiger partial charge in [0, 0.05) is 18.0 Å². The first kappa shape index (κ1) is 16.6. The zero-order chi connectivity index (χ0) is 16.3. The Balaban J connectivity index is 2.65. The molecule has 0 bridgehead atoms. The zero-order valence-electron chi connectivity index (χ0n) is 13.4. The number of allylic oxidation sites excluding steroid dienone is 2. The van der Waals surface area contributed by atoms with Gasteiger partial charge < -0.3 is 14.2 Å². The molecule has 0 amide bonds. The molecule has 22 heavy (non-hydrogen) atoms. The van der Waals surface area contributed by atoms with E-state index in [4.69, 9.17) is 14.2 Å². The van der Waals surface area contributed by atoms with E-state index >= 15 is 0 Å². The van der Waals surface area contributed by atoms with Gasteiger partial charge in [0.05, 0.1) is 26.2 Å². The Morgan fingerprint density at radius 1 is 1.09 bits per heavy atom. The monoisotopic (exact) mass is 365 g/mol. The van der Waals surface area contributed by atoms with Crippen LogP contribution in [-0.2, 0) is 0 Å². The largest absolute Gasteiger partial charge is 0.493 e. The van der Waals surface area contributed by atoms with Crippen LogP contribution in [0.1, 0.15) is 18.1 Å². The topological polar surface area (TPSA) is 40.0 Å². The molecule has 0 saturated carbocycles. The van der Waals surface area contributed by atoms with Crippen LogP contribution >= 0.6 is 15.9 Å². The van der Waals surface area contributed by atoms with E-state index in [1.54, 1.807) is 21.3 Å². The second-order valence-electron chi connectivity index (χ2n) is 4.99. The molecule has 0 aromatic heterocycles. The van der Waals surface area contributed by atoms with Crippen molar-refractivity contribution in [1.29, 1.82) is 0 Å². The lowest BCUT2D eigenvalue weighted by Crippen LogP contribution is -2.09. The normalized spacial score (nSPS) is 19.1. The number of nitrogens with zero attached hydrogens (tertiary/aromatic N) is 1. The van der Waals surface area contributed by atoms with Crippen LogP contribution in [0.2, 0.25) is 0 Å². The van der Waals surface area contributed by atoms with Crippen molar-refractivity contribution in [2.45, 2.75) is 18.7 Å². The third-order valence-electron chi connectivity index (χ3n) is 3.61. The molecule has 1 aliphatic rings. The summed E-state index contributed by atoms with van der Waals surface area (Å²) in [5, 5.41) is 0. The fourth-order valence-electron chi connectivity index (χ4n) is 2.43. The number of halogens is 1. The van der Waals surface area contributed by atoms with Crippen LogP contribution in [-0.4, -0.2) is 32.4 Å². The molecule has 1 heterocycles. The smallest absolute Gasteiger partial charge is 0.203 e. The van der Waals surface area contributed by atoms with E-state index in [1.807, 2.05) is 32.3 Å². The van der Waals surface area contributed by atoms with E-state index in [9.17, 15) is 0 Å². The number of ether oxygens (including phenoxy) is 3. The quantitative estimate of drug-likeness (QED) is 0.752. The van der Waals surface area contributed by atoms with Gasteiger partial charge in [-0.25, -0.2) is 0 Å². The predicted octanol–water partition coefficient (Wildman–Crippen LogP) is 4.16. The molecule has 0 aliphatic carbocycles. The fraction of sp³-hybridized carbons (Fsp3) is 0.353. The second kappa shape index (κ2) is 7.01. The Bertz CT molecular complexity index is 662. The van der Waals surface area contributed by atoms with Gasteiger partial charge in [-0.3, -0.25) is 4.99 Å². The van der Waals surface area contributed by atoms with Crippen LogP contribution < -0.4 is 14.2 Å². The highest BCUT2D eigenvalue weighted by Crippen LogP contribution is 2.43. The maximum Gasteiger partial charge on any atom is 0.203 e. The molecule has 1 aromatic rings. The molecule has 2 rings (SSSR count). The summed E-state index contributed by atoms with van der Waals surface area (Å²) >= 11 is 3.63. The van der Waals surface area contributed by atoms with Crippen LogP contribution in [0.4, 0.5) is 0 Å². The Kier molecular flexibility index (Phi) is 5.29. The summed E-state index contributed by atoms with van der Waals surface area (Å²) in [5.41, 5.74) is 4.28. The van der Waals surface area contributed by atoms with Crippen LogP contribution in [0.25, 0.3) is 6.08 Å². The third kappa shape index (κ3) is 3.04. The molecular formula is C17H20BrNO3. The van der Waals surface area contributed by atoms with Gasteiger partial charge in [-0.1, -0.05) is 15.9 Å². The summed E-state index contributed by atoms with van der Waals surface area (Å²) in [6.45, 7) is 4.06. The molecule has 4 nitrogen and oxygen atoms in total. The maximum atomic E-state index is 5.58. The molecule has 0 saturated heterocycles. The van der Waals surface area contributed by atoms with Crippen molar-refractivity contribution >= 4 is 28.2 Å². The van der Waals surface area contributed by atoms with Crippen LogP contribution in [0.5, 0.6) is 17.2 Å². The third-order valence-corrected chi connectivity index (χ3v) is 4.34. The molecule has 5 heteroatoms. The van der Waals surface area contributed by atoms with E-state index in [0.29, 0.717) is 17.2 Å². The highest BCUT2D eigenvalue weighted by molar-refractivity contribution is 9.10. The summed E-state index contributed by atoms with van der Waals surface area (Å²) in [4.78, 5) is 4.28. The summed E-state index contributed by atoms with van der Waals surface area (Å²) in [7, 11) is 4.86. The second-order valence-corrected chi connectivity index (χ2v) is 5.97. The number of methoxy groups -OCH3 is 3. The number of hydrogen-bond donors (Lipinski definition) is 0. The number of aliphatic imine (C=N–C) groups is 1. The first-order chi connectivity index (χ1) is 10.5. The van der Waals surface area contributed by atoms with Crippen molar-refractivity contribution < 1.29 is 14.2 Å². The molecule has 1 aliphatic heterocycles. The van der Waals surface area contributed by atoms with Gasteiger partial charge in [0.15, 0.2) is 11.5 Å². The molecule has 118 valence electrons. The number of rotatable bonds is 4. The van der Waals surface area contributed by atoms with E-state index in [2.05, 4.69) is 27.0 Å². The van der Waals surface area contributed by atoms with Gasteiger partial charge >= 0.3 is 0 Å². The van der Waals surface area contributed by atoms with Crippen LogP contribution in [0.3, 0.4) is 0 Å². The number of hydrogen-bond acceptors (Lipinski definition) is 4. The molecule has 1 atom stereocenters. The van der Waals surface area contributed by atoms with Gasteiger partial charge in [0.2, 0.25) is 5.75 Å². The molecule has 0 radical (unpaired) electrons. The highest BCUT2D eigenvalue weighted by atomic mass is 79.9. The first-order valence-corrected chi connectivity index (χ1v) is 7.80. The van der Waals surface area contributed by atoms with E-state index < -0.39 is 0 Å². The van der Waals surface area contributed by atoms with Crippen molar-refractivity contribution in [2.24, 2.45) is 4.99 Å². The lowest BCUT2D eigenvalue weighted by Gasteiger charge is -2.19. The van der Waals surface area contributed by atoms with E-state index in [-0.39, 0.29) is 4.83 Å². The lowest BCUT2D eigenvalue weighted by molar-refractivity contribution is 0.323. The summed E-state index contributed by atoms with van der Waals surface area (Å²) in [6.07, 6.45) is 5.82. The van der Waals surface area contributed by atoms with Crippen molar-refractivity contribution in [3.05, 3.63) is 34.5 Å². The summed E-state index contributed by atoms with van der Waals surface area (Å²) < 4.78 is 16.4. The number of benzene rings is 1. The summed E-state index contributed by atoms with van der Waals surface area (Å²) in [6, 6.07) is 1.95. The first-order valence-electron chi connectivity index (χ1n) is 6.89. The molecule has 1 aromatic carbocycles. The standard InChI is InChI=1S/C17H20BrNO3/c1-10-6-15(20-3)17(22-5)16(21-4)13(10)7-12-11(2)8-19-9-14(12)18/h6-9,14H,1-5H3. The maximum absolute atomic E-state index is 5.58. The van der Waals surface area contributed by atoms with Crippen molar-refractivity contribution in [1.82, 2.24) is 0 Å². The molecule has 0 spiro atoms. The predicted molar refractivity (Wildman–Crippen MR) is 93.8 cm³/mol. The van der Waals surface area contributed by atoms with Crippen molar-refractivity contribution in [2.75, 3.05) is 21.3 Å². The van der Waals surface area contributed by atoms with Crippen LogP contribution in [0, 0.1) is 6.92 Å². The Morgan fingerprint density at radius 2 is 1.77 bits per heavy atom. The molecular weight excluding hydrogens is 346 g/mol. The zero-order valence-corrected chi connectivity index (χ0v) is 15.0. The highest BCUT2D eigenvalue weighted by Gasteiger charge is 2.20. The minimum absolute atomic E-state index is 0.0784. The summed E-state index contributed by atoms with van der Waals surface area (Å²) in [5.74, 6) is 1.92.